The van der Waals surface area contributed by atoms with Crippen LogP contribution < -0.4 is 4.90 Å². The third-order valence-electron chi connectivity index (χ3n) is 5.27. The van der Waals surface area contributed by atoms with Crippen molar-refractivity contribution in [1.82, 2.24) is 4.90 Å². The molecule has 0 aliphatic carbocycles. The Bertz CT molecular complexity index is 829. The number of anilines is 1. The summed E-state index contributed by atoms with van der Waals surface area (Å²) in [6.07, 6.45) is 2.72. The lowest BCUT2D eigenvalue weighted by Crippen LogP contribution is -2.34. The number of hydrogen-bond acceptors (Lipinski definition) is 3. The zero-order chi connectivity index (χ0) is 17.6. The van der Waals surface area contributed by atoms with E-state index >= 15 is 0 Å². The molecule has 2 saturated heterocycles. The Morgan fingerprint density at radius 3 is 2.64 bits per heavy atom. The van der Waals surface area contributed by atoms with Gasteiger partial charge in [0.05, 0.1) is 11.8 Å². The SMILES string of the molecule is Cc1occc1C(=O)N1CCC2(CC(=O)N(c3ccc(F)cc3)C2)C1. The van der Waals surface area contributed by atoms with Gasteiger partial charge in [-0.1, -0.05) is 0 Å². The van der Waals surface area contributed by atoms with Crippen LogP contribution in [0.2, 0.25) is 0 Å². The third kappa shape index (κ3) is 2.71. The van der Waals surface area contributed by atoms with E-state index in [4.69, 9.17) is 4.42 Å². The summed E-state index contributed by atoms with van der Waals surface area (Å²) in [5.74, 6) is 0.274. The van der Waals surface area contributed by atoms with Crippen LogP contribution in [0.1, 0.15) is 29.0 Å². The van der Waals surface area contributed by atoms with Crippen LogP contribution in [0, 0.1) is 18.2 Å². The maximum Gasteiger partial charge on any atom is 0.257 e. The molecule has 25 heavy (non-hydrogen) atoms. The van der Waals surface area contributed by atoms with Gasteiger partial charge in [-0.05, 0) is 43.7 Å². The maximum atomic E-state index is 13.1. The van der Waals surface area contributed by atoms with Gasteiger partial charge in [0.25, 0.3) is 5.91 Å². The molecule has 3 heterocycles. The van der Waals surface area contributed by atoms with Crippen LogP contribution >= 0.6 is 0 Å². The molecule has 1 atom stereocenters. The lowest BCUT2D eigenvalue weighted by molar-refractivity contribution is -0.117. The summed E-state index contributed by atoms with van der Waals surface area (Å²) in [4.78, 5) is 28.7. The molecule has 1 unspecified atom stereocenters. The van der Waals surface area contributed by atoms with Crippen molar-refractivity contribution in [2.24, 2.45) is 5.41 Å². The van der Waals surface area contributed by atoms with Gasteiger partial charge in [-0.3, -0.25) is 9.59 Å². The summed E-state index contributed by atoms with van der Waals surface area (Å²) < 4.78 is 18.3. The summed E-state index contributed by atoms with van der Waals surface area (Å²) in [5.41, 5.74) is 1.06. The second kappa shape index (κ2) is 5.72. The summed E-state index contributed by atoms with van der Waals surface area (Å²) in [6.45, 7) is 3.52. The van der Waals surface area contributed by atoms with Crippen molar-refractivity contribution in [3.05, 3.63) is 53.7 Å². The highest BCUT2D eigenvalue weighted by atomic mass is 19.1. The molecule has 1 spiro atoms. The third-order valence-corrected chi connectivity index (χ3v) is 5.27. The molecule has 0 saturated carbocycles. The van der Waals surface area contributed by atoms with Gasteiger partial charge in [0.1, 0.15) is 11.6 Å². The Kier molecular flexibility index (Phi) is 3.63. The quantitative estimate of drug-likeness (QED) is 0.843. The van der Waals surface area contributed by atoms with E-state index in [2.05, 4.69) is 0 Å². The number of rotatable bonds is 2. The first-order valence-corrected chi connectivity index (χ1v) is 8.37. The number of carbonyl (C=O) groups excluding carboxylic acids is 2. The molecule has 0 radical (unpaired) electrons. The predicted molar refractivity (Wildman–Crippen MR) is 89.8 cm³/mol. The largest absolute Gasteiger partial charge is 0.469 e. The average Bonchev–Trinajstić information content (AvgIpc) is 3.28. The van der Waals surface area contributed by atoms with Gasteiger partial charge in [-0.15, -0.1) is 0 Å². The maximum absolute atomic E-state index is 13.1. The van der Waals surface area contributed by atoms with Crippen molar-refractivity contribution in [2.45, 2.75) is 19.8 Å². The van der Waals surface area contributed by atoms with Crippen molar-refractivity contribution >= 4 is 17.5 Å². The zero-order valence-electron chi connectivity index (χ0n) is 14.0. The number of benzene rings is 1. The average molecular weight is 342 g/mol. The standard InChI is InChI=1S/C19H19FN2O3/c1-13-16(6-9-25-13)18(24)21-8-7-19(11-21)10-17(23)22(12-19)15-4-2-14(20)3-5-15/h2-6,9H,7-8,10-12H2,1H3. The van der Waals surface area contributed by atoms with Crippen molar-refractivity contribution in [3.63, 3.8) is 0 Å². The molecule has 6 heteroatoms. The van der Waals surface area contributed by atoms with E-state index in [-0.39, 0.29) is 23.0 Å². The van der Waals surface area contributed by atoms with Crippen LogP contribution in [0.4, 0.5) is 10.1 Å². The van der Waals surface area contributed by atoms with E-state index in [0.29, 0.717) is 43.1 Å². The Morgan fingerprint density at radius 2 is 1.96 bits per heavy atom. The molecule has 4 rings (SSSR count). The fourth-order valence-corrected chi connectivity index (χ4v) is 3.91. The topological polar surface area (TPSA) is 53.8 Å². The molecule has 5 nitrogen and oxygen atoms in total. The number of hydrogen-bond donors (Lipinski definition) is 0. The fraction of sp³-hybridized carbons (Fsp3) is 0.368. The number of aryl methyl sites for hydroxylation is 1. The number of halogens is 1. The highest BCUT2D eigenvalue weighted by Crippen LogP contribution is 2.42. The normalized spacial score (nSPS) is 23.0. The molecule has 1 aromatic carbocycles. The van der Waals surface area contributed by atoms with Crippen molar-refractivity contribution in [1.29, 1.82) is 0 Å². The highest BCUT2D eigenvalue weighted by molar-refractivity contribution is 5.98. The lowest BCUT2D eigenvalue weighted by atomic mass is 9.86. The van der Waals surface area contributed by atoms with E-state index < -0.39 is 0 Å². The van der Waals surface area contributed by atoms with Crippen LogP contribution in [-0.4, -0.2) is 36.3 Å². The van der Waals surface area contributed by atoms with Gasteiger partial charge in [0, 0.05) is 37.2 Å². The second-order valence-electron chi connectivity index (χ2n) is 7.00. The van der Waals surface area contributed by atoms with E-state index in [1.165, 1.54) is 18.4 Å². The monoisotopic (exact) mass is 342 g/mol. The minimum Gasteiger partial charge on any atom is -0.469 e. The molecular weight excluding hydrogens is 323 g/mol. The molecule has 2 aliphatic heterocycles. The van der Waals surface area contributed by atoms with Crippen molar-refractivity contribution < 1.29 is 18.4 Å². The minimum absolute atomic E-state index is 0.0281. The Morgan fingerprint density at radius 1 is 1.20 bits per heavy atom. The molecule has 0 bridgehead atoms. The van der Waals surface area contributed by atoms with Gasteiger partial charge in [-0.2, -0.15) is 0 Å². The summed E-state index contributed by atoms with van der Waals surface area (Å²) in [5, 5.41) is 0. The Labute approximate surface area is 145 Å². The molecule has 1 aromatic heterocycles. The van der Waals surface area contributed by atoms with Crippen LogP contribution in [0.3, 0.4) is 0 Å². The number of likely N-dealkylation sites (tertiary alicyclic amines) is 1. The van der Waals surface area contributed by atoms with Gasteiger partial charge in [0.2, 0.25) is 5.91 Å². The molecule has 2 amide bonds. The van der Waals surface area contributed by atoms with E-state index in [0.717, 1.165) is 6.42 Å². The number of furan rings is 1. The molecule has 2 aromatic rings. The summed E-state index contributed by atoms with van der Waals surface area (Å²) >= 11 is 0. The molecule has 130 valence electrons. The number of amides is 2. The molecule has 0 N–H and O–H groups in total. The lowest BCUT2D eigenvalue weighted by Gasteiger charge is -2.24. The molecular formula is C19H19FN2O3. The van der Waals surface area contributed by atoms with Gasteiger partial charge < -0.3 is 14.2 Å². The van der Waals surface area contributed by atoms with Crippen LogP contribution in [0.25, 0.3) is 0 Å². The zero-order valence-corrected chi connectivity index (χ0v) is 14.0. The minimum atomic E-state index is -0.321. The summed E-state index contributed by atoms with van der Waals surface area (Å²) in [7, 11) is 0. The van der Waals surface area contributed by atoms with E-state index in [1.807, 2.05) is 0 Å². The van der Waals surface area contributed by atoms with Crippen LogP contribution in [-0.2, 0) is 4.79 Å². The predicted octanol–water partition coefficient (Wildman–Crippen LogP) is 3.00. The smallest absolute Gasteiger partial charge is 0.257 e. The first-order valence-electron chi connectivity index (χ1n) is 8.37. The van der Waals surface area contributed by atoms with E-state index in [1.54, 1.807) is 34.9 Å². The highest BCUT2D eigenvalue weighted by Gasteiger charge is 2.49. The second-order valence-corrected chi connectivity index (χ2v) is 7.00. The van der Waals surface area contributed by atoms with Gasteiger partial charge in [0.15, 0.2) is 0 Å². The van der Waals surface area contributed by atoms with Crippen molar-refractivity contribution in [3.8, 4) is 0 Å². The molecule has 2 aliphatic rings. The first kappa shape index (κ1) is 15.9. The van der Waals surface area contributed by atoms with Crippen LogP contribution in [0.5, 0.6) is 0 Å². The number of carbonyl (C=O) groups is 2. The first-order chi connectivity index (χ1) is 12.0. The fourth-order valence-electron chi connectivity index (χ4n) is 3.91. The Hall–Kier alpha value is -2.63. The van der Waals surface area contributed by atoms with Crippen molar-refractivity contribution in [2.75, 3.05) is 24.5 Å². The Balaban J connectivity index is 1.51. The van der Waals surface area contributed by atoms with Gasteiger partial charge in [-0.25, -0.2) is 4.39 Å². The number of nitrogens with zero attached hydrogens (tertiary/aromatic N) is 2. The van der Waals surface area contributed by atoms with Gasteiger partial charge >= 0.3 is 0 Å². The summed E-state index contributed by atoms with van der Waals surface area (Å²) in [6, 6.07) is 7.66. The van der Waals surface area contributed by atoms with Crippen LogP contribution in [0.15, 0.2) is 41.0 Å². The van der Waals surface area contributed by atoms with E-state index in [9.17, 15) is 14.0 Å². The molecule has 2 fully saturated rings.